The maximum Gasteiger partial charge on any atom is 0.193 e. The van der Waals surface area contributed by atoms with E-state index in [-0.39, 0.29) is 22.3 Å². The predicted molar refractivity (Wildman–Crippen MR) is 149 cm³/mol. The van der Waals surface area contributed by atoms with Crippen LogP contribution in [0.2, 0.25) is 36.3 Å². The number of hydrogen-bond donors (Lipinski definition) is 0. The van der Waals surface area contributed by atoms with E-state index in [4.69, 9.17) is 8.85 Å². The van der Waals surface area contributed by atoms with Gasteiger partial charge in [0.05, 0.1) is 0 Å². The van der Waals surface area contributed by atoms with Crippen molar-refractivity contribution in [3.05, 3.63) is 56.5 Å². The first-order chi connectivity index (χ1) is 14.4. The topological polar surface area (TPSA) is 18.5 Å². The molecule has 0 unspecified atom stereocenters. The Morgan fingerprint density at radius 3 is 1.22 bits per heavy atom. The molecule has 176 valence electrons. The van der Waals surface area contributed by atoms with E-state index in [1.165, 1.54) is 22.3 Å². The highest BCUT2D eigenvalue weighted by atomic mass is 79.9. The summed E-state index contributed by atoms with van der Waals surface area (Å²) in [6, 6.07) is 13.2. The first kappa shape index (κ1) is 26.4. The molecule has 3 rings (SSSR count). The van der Waals surface area contributed by atoms with Gasteiger partial charge >= 0.3 is 0 Å². The third kappa shape index (κ3) is 5.06. The highest BCUT2D eigenvalue weighted by Crippen LogP contribution is 2.54. The van der Waals surface area contributed by atoms with Crippen molar-refractivity contribution in [3.63, 3.8) is 0 Å². The minimum atomic E-state index is -2.07. The van der Waals surface area contributed by atoms with Crippen molar-refractivity contribution >= 4 is 48.5 Å². The van der Waals surface area contributed by atoms with Crippen molar-refractivity contribution < 1.29 is 8.85 Å². The molecule has 32 heavy (non-hydrogen) atoms. The van der Waals surface area contributed by atoms with Crippen molar-refractivity contribution in [2.45, 2.75) is 90.0 Å². The Balaban J connectivity index is 2.25. The van der Waals surface area contributed by atoms with Gasteiger partial charge in [0.15, 0.2) is 16.6 Å². The van der Waals surface area contributed by atoms with Crippen LogP contribution in [0.15, 0.2) is 45.3 Å². The zero-order valence-electron chi connectivity index (χ0n) is 21.2. The Bertz CT molecular complexity index is 922. The normalized spacial score (nSPS) is 19.5. The van der Waals surface area contributed by atoms with Gasteiger partial charge in [0.2, 0.25) is 0 Å². The Labute approximate surface area is 214 Å². The smallest absolute Gasteiger partial charge is 0.193 e. The molecule has 2 aromatic carbocycles. The van der Waals surface area contributed by atoms with Crippen LogP contribution < -0.4 is 0 Å². The minimum Gasteiger partial charge on any atom is -0.407 e. The van der Waals surface area contributed by atoms with Crippen LogP contribution in [-0.4, -0.2) is 16.6 Å². The molecule has 1 aliphatic rings. The van der Waals surface area contributed by atoms with Crippen molar-refractivity contribution in [1.29, 1.82) is 0 Å². The SMILES string of the molecule is CC(C)(C)[Si](C)(C)O[C@H]1c2cc(Br)ccc2-c2ccc(Br)cc2[C@@H]1O[Si](C)(C)C(C)(C)C. The van der Waals surface area contributed by atoms with Crippen molar-refractivity contribution in [3.8, 4) is 11.1 Å². The van der Waals surface area contributed by atoms with Crippen molar-refractivity contribution in [2.75, 3.05) is 0 Å². The van der Waals surface area contributed by atoms with Gasteiger partial charge in [-0.2, -0.15) is 0 Å². The third-order valence-electron chi connectivity index (χ3n) is 7.66. The fourth-order valence-corrected chi connectivity index (χ4v) is 6.83. The van der Waals surface area contributed by atoms with E-state index in [1.807, 2.05) is 0 Å². The molecule has 0 aromatic heterocycles. The van der Waals surface area contributed by atoms with Crippen LogP contribution in [0.25, 0.3) is 11.1 Å². The average Bonchev–Trinajstić information content (AvgIpc) is 2.62. The van der Waals surface area contributed by atoms with Crippen LogP contribution in [0.4, 0.5) is 0 Å². The molecule has 2 nitrogen and oxygen atoms in total. The number of fused-ring (bicyclic) bond motifs is 3. The molecule has 0 aliphatic heterocycles. The largest absolute Gasteiger partial charge is 0.407 e. The molecule has 0 amide bonds. The maximum absolute atomic E-state index is 7.19. The summed E-state index contributed by atoms with van der Waals surface area (Å²) in [6.45, 7) is 23.2. The minimum absolute atomic E-state index is 0.109. The molecular weight excluding hydrogens is 560 g/mol. The van der Waals surface area contributed by atoms with Gasteiger partial charge in [-0.1, -0.05) is 85.5 Å². The fourth-order valence-electron chi connectivity index (χ4n) is 3.59. The van der Waals surface area contributed by atoms with Gasteiger partial charge in [0.1, 0.15) is 12.2 Å². The summed E-state index contributed by atoms with van der Waals surface area (Å²) < 4.78 is 16.5. The number of hydrogen-bond acceptors (Lipinski definition) is 2. The Morgan fingerprint density at radius 2 is 0.938 bits per heavy atom. The summed E-state index contributed by atoms with van der Waals surface area (Å²) in [5, 5.41) is 0.219. The maximum atomic E-state index is 7.19. The van der Waals surface area contributed by atoms with E-state index >= 15 is 0 Å². The molecule has 0 N–H and O–H groups in total. The zero-order chi connectivity index (χ0) is 24.3. The molecule has 0 saturated heterocycles. The highest BCUT2D eigenvalue weighted by molar-refractivity contribution is 9.10. The van der Waals surface area contributed by atoms with Gasteiger partial charge in [-0.15, -0.1) is 0 Å². The molecule has 1 aliphatic carbocycles. The summed E-state index contributed by atoms with van der Waals surface area (Å²) in [7, 11) is -4.14. The predicted octanol–water partition coefficient (Wildman–Crippen LogP) is 10.0. The van der Waals surface area contributed by atoms with E-state index in [0.29, 0.717) is 0 Å². The molecule has 0 fully saturated rings. The molecular formula is C26H38Br2O2Si2. The van der Waals surface area contributed by atoms with E-state index in [2.05, 4.69) is 136 Å². The molecule has 0 heterocycles. The second-order valence-corrected chi connectivity index (χ2v) is 23.4. The zero-order valence-corrected chi connectivity index (χ0v) is 26.4. The van der Waals surface area contributed by atoms with Gasteiger partial charge in [0.25, 0.3) is 0 Å². The Kier molecular flexibility index (Phi) is 7.21. The molecule has 0 saturated carbocycles. The van der Waals surface area contributed by atoms with Crippen LogP contribution in [-0.2, 0) is 8.85 Å². The molecule has 6 heteroatoms. The fraction of sp³-hybridized carbons (Fsp3) is 0.538. The van der Waals surface area contributed by atoms with Crippen molar-refractivity contribution in [1.82, 2.24) is 0 Å². The van der Waals surface area contributed by atoms with Crippen LogP contribution in [0.5, 0.6) is 0 Å². The van der Waals surface area contributed by atoms with Crippen molar-refractivity contribution in [2.24, 2.45) is 0 Å². The monoisotopic (exact) mass is 596 g/mol. The van der Waals surface area contributed by atoms with Gasteiger partial charge in [-0.3, -0.25) is 0 Å². The lowest BCUT2D eigenvalue weighted by molar-refractivity contribution is 0.0318. The molecule has 2 atom stereocenters. The van der Waals surface area contributed by atoms with Gasteiger partial charge in [-0.05, 0) is 82.8 Å². The third-order valence-corrected chi connectivity index (χ3v) is 17.6. The van der Waals surface area contributed by atoms with Crippen LogP contribution in [0.3, 0.4) is 0 Å². The molecule has 0 radical (unpaired) electrons. The summed E-state index contributed by atoms with van der Waals surface area (Å²) in [5.74, 6) is 0. The van der Waals surface area contributed by atoms with Crippen LogP contribution in [0, 0.1) is 0 Å². The van der Waals surface area contributed by atoms with Crippen LogP contribution in [0.1, 0.15) is 64.9 Å². The second kappa shape index (κ2) is 8.76. The lowest BCUT2D eigenvalue weighted by Crippen LogP contribution is -2.47. The summed E-state index contributed by atoms with van der Waals surface area (Å²) >= 11 is 7.44. The van der Waals surface area contributed by atoms with E-state index in [0.717, 1.165) is 8.95 Å². The first-order valence-electron chi connectivity index (χ1n) is 11.4. The second-order valence-electron chi connectivity index (χ2n) is 12.1. The summed E-state index contributed by atoms with van der Waals surface area (Å²) in [5.41, 5.74) is 4.94. The number of benzene rings is 2. The molecule has 2 aromatic rings. The lowest BCUT2D eigenvalue weighted by Gasteiger charge is -2.47. The van der Waals surface area contributed by atoms with Gasteiger partial charge in [-0.25, -0.2) is 0 Å². The Hall–Kier alpha value is -0.246. The summed E-state index contributed by atoms with van der Waals surface area (Å²) in [6.07, 6.45) is -0.279. The molecule has 0 bridgehead atoms. The van der Waals surface area contributed by atoms with E-state index < -0.39 is 16.6 Å². The standard InChI is InChI=1S/C26H38Br2O2Si2/c1-25(2,3)31(7,8)29-23-21-15-17(27)11-13-19(21)20-14-12-18(28)16-22(20)24(23)30-32(9,10)26(4,5)6/h11-16,23-24H,1-10H3/t23-,24-/m0/s1. The van der Waals surface area contributed by atoms with E-state index in [9.17, 15) is 0 Å². The Morgan fingerprint density at radius 1 is 0.625 bits per heavy atom. The molecule has 0 spiro atoms. The quantitative estimate of drug-likeness (QED) is 0.326. The average molecular weight is 599 g/mol. The van der Waals surface area contributed by atoms with Gasteiger partial charge in [0, 0.05) is 8.95 Å². The first-order valence-corrected chi connectivity index (χ1v) is 18.8. The lowest BCUT2D eigenvalue weighted by atomic mass is 9.82. The van der Waals surface area contributed by atoms with E-state index in [1.54, 1.807) is 0 Å². The summed E-state index contributed by atoms with van der Waals surface area (Å²) in [4.78, 5) is 0. The van der Waals surface area contributed by atoms with Crippen LogP contribution >= 0.6 is 31.9 Å². The number of rotatable bonds is 4. The highest BCUT2D eigenvalue weighted by Gasteiger charge is 2.48. The van der Waals surface area contributed by atoms with Gasteiger partial charge < -0.3 is 8.85 Å². The number of halogens is 2.